The zero-order chi connectivity index (χ0) is 15.8. The van der Waals surface area contributed by atoms with Crippen LogP contribution in [0.15, 0.2) is 10.3 Å². The first-order valence-corrected chi connectivity index (χ1v) is 8.97. The van der Waals surface area contributed by atoms with Crippen LogP contribution in [0.3, 0.4) is 0 Å². The standard InChI is InChI=1S/C13H20N2O4S2/c1-9-8-20-11(13(16)19-4)12(9)21(17,18)15-6-5-14(3)7-10(15)2/h8,10H,5-7H2,1-4H3. The van der Waals surface area contributed by atoms with Crippen molar-refractivity contribution in [3.05, 3.63) is 15.8 Å². The second-order valence-corrected chi connectivity index (χ2v) is 8.00. The first kappa shape index (κ1) is 16.4. The first-order chi connectivity index (χ1) is 9.78. The summed E-state index contributed by atoms with van der Waals surface area (Å²) in [7, 11) is -0.467. The minimum Gasteiger partial charge on any atom is -0.465 e. The summed E-state index contributed by atoms with van der Waals surface area (Å²) in [6, 6.07) is -0.126. The summed E-state index contributed by atoms with van der Waals surface area (Å²) in [4.78, 5) is 14.2. The van der Waals surface area contributed by atoms with Gasteiger partial charge in [-0.15, -0.1) is 11.3 Å². The molecule has 6 nitrogen and oxygen atoms in total. The third-order valence-corrected chi connectivity index (χ3v) is 7.03. The quantitative estimate of drug-likeness (QED) is 0.777. The SMILES string of the molecule is COC(=O)c1scc(C)c1S(=O)(=O)N1CCN(C)CC1C. The highest BCUT2D eigenvalue weighted by Crippen LogP contribution is 2.31. The summed E-state index contributed by atoms with van der Waals surface area (Å²) in [6.45, 7) is 5.37. The lowest BCUT2D eigenvalue weighted by atomic mass is 10.2. The van der Waals surface area contributed by atoms with Crippen molar-refractivity contribution in [2.24, 2.45) is 0 Å². The molecule has 1 aromatic rings. The van der Waals surface area contributed by atoms with Crippen molar-refractivity contribution in [3.63, 3.8) is 0 Å². The van der Waals surface area contributed by atoms with Gasteiger partial charge in [-0.1, -0.05) is 0 Å². The van der Waals surface area contributed by atoms with Gasteiger partial charge < -0.3 is 9.64 Å². The van der Waals surface area contributed by atoms with Gasteiger partial charge in [0.1, 0.15) is 9.77 Å². The van der Waals surface area contributed by atoms with Crippen LogP contribution in [0.4, 0.5) is 0 Å². The van der Waals surface area contributed by atoms with Crippen LogP contribution in [-0.2, 0) is 14.8 Å². The Bertz CT molecular complexity index is 639. The Morgan fingerprint density at radius 2 is 2.10 bits per heavy atom. The number of esters is 1. The highest BCUT2D eigenvalue weighted by molar-refractivity contribution is 7.89. The molecule has 0 bridgehead atoms. The van der Waals surface area contributed by atoms with Crippen molar-refractivity contribution >= 4 is 27.3 Å². The summed E-state index contributed by atoms with van der Waals surface area (Å²) in [5.41, 5.74) is 0.589. The Morgan fingerprint density at radius 3 is 2.67 bits per heavy atom. The number of likely N-dealkylation sites (N-methyl/N-ethyl adjacent to an activating group) is 1. The number of sulfonamides is 1. The fourth-order valence-electron chi connectivity index (χ4n) is 2.58. The number of piperazine rings is 1. The Hall–Kier alpha value is -0.960. The van der Waals surface area contributed by atoms with E-state index >= 15 is 0 Å². The van der Waals surface area contributed by atoms with Gasteiger partial charge in [0.15, 0.2) is 0 Å². The molecule has 1 aliphatic heterocycles. The van der Waals surface area contributed by atoms with E-state index in [1.54, 1.807) is 12.3 Å². The van der Waals surface area contributed by atoms with Gasteiger partial charge in [0, 0.05) is 25.7 Å². The van der Waals surface area contributed by atoms with Gasteiger partial charge in [0.05, 0.1) is 7.11 Å². The molecule has 1 aliphatic rings. The maximum absolute atomic E-state index is 12.9. The largest absolute Gasteiger partial charge is 0.465 e. The average molecular weight is 332 g/mol. The number of thiophene rings is 1. The Labute approximate surface area is 129 Å². The molecule has 1 aromatic heterocycles. The average Bonchev–Trinajstić information content (AvgIpc) is 2.80. The van der Waals surface area contributed by atoms with Crippen LogP contribution in [0.1, 0.15) is 22.2 Å². The number of hydrogen-bond acceptors (Lipinski definition) is 6. The molecule has 0 saturated carbocycles. The van der Waals surface area contributed by atoms with Gasteiger partial charge >= 0.3 is 5.97 Å². The third-order valence-electron chi connectivity index (χ3n) is 3.63. The Morgan fingerprint density at radius 1 is 1.43 bits per heavy atom. The van der Waals surface area contributed by atoms with Crippen LogP contribution in [0.5, 0.6) is 0 Å². The zero-order valence-electron chi connectivity index (χ0n) is 12.6. The number of nitrogens with zero attached hydrogens (tertiary/aromatic N) is 2. The Kier molecular flexibility index (Phi) is 4.72. The zero-order valence-corrected chi connectivity index (χ0v) is 14.3. The number of carbonyl (C=O) groups excluding carboxylic acids is 1. The van der Waals surface area contributed by atoms with Crippen LogP contribution in [-0.4, -0.2) is 63.4 Å². The van der Waals surface area contributed by atoms with Crippen molar-refractivity contribution in [1.82, 2.24) is 9.21 Å². The molecular formula is C13H20N2O4S2. The molecule has 0 N–H and O–H groups in total. The minimum atomic E-state index is -3.69. The minimum absolute atomic E-state index is 0.0933. The van der Waals surface area contributed by atoms with Crippen molar-refractivity contribution in [2.75, 3.05) is 33.8 Å². The van der Waals surface area contributed by atoms with Crippen LogP contribution < -0.4 is 0 Å². The number of carbonyl (C=O) groups is 1. The topological polar surface area (TPSA) is 66.9 Å². The van der Waals surface area contributed by atoms with Crippen molar-refractivity contribution in [2.45, 2.75) is 24.8 Å². The summed E-state index contributed by atoms with van der Waals surface area (Å²) in [6.07, 6.45) is 0. The number of ether oxygens (including phenoxy) is 1. The molecule has 118 valence electrons. The van der Waals surface area contributed by atoms with Crippen LogP contribution in [0, 0.1) is 6.92 Å². The fourth-order valence-corrected chi connectivity index (χ4v) is 5.86. The molecule has 0 amide bonds. The molecule has 0 aromatic carbocycles. The van der Waals surface area contributed by atoms with Crippen molar-refractivity contribution < 1.29 is 17.9 Å². The number of hydrogen-bond donors (Lipinski definition) is 0. The lowest BCUT2D eigenvalue weighted by Gasteiger charge is -2.37. The summed E-state index contributed by atoms with van der Waals surface area (Å²) in [5.74, 6) is -0.603. The van der Waals surface area contributed by atoms with Gasteiger partial charge in [0.25, 0.3) is 0 Å². The molecule has 1 unspecified atom stereocenters. The molecule has 2 rings (SSSR count). The highest BCUT2D eigenvalue weighted by Gasteiger charge is 2.37. The van der Waals surface area contributed by atoms with Crippen LogP contribution in [0.25, 0.3) is 0 Å². The van der Waals surface area contributed by atoms with Gasteiger partial charge in [-0.25, -0.2) is 13.2 Å². The van der Waals surface area contributed by atoms with E-state index in [1.807, 2.05) is 14.0 Å². The normalized spacial score (nSPS) is 21.4. The molecule has 1 fully saturated rings. The van der Waals surface area contributed by atoms with E-state index in [0.29, 0.717) is 25.2 Å². The summed E-state index contributed by atoms with van der Waals surface area (Å²) in [5, 5.41) is 1.68. The first-order valence-electron chi connectivity index (χ1n) is 6.65. The van der Waals surface area contributed by atoms with E-state index in [1.165, 1.54) is 11.4 Å². The second kappa shape index (κ2) is 6.04. The predicted octanol–water partition coefficient (Wildman–Crippen LogP) is 1.17. The van der Waals surface area contributed by atoms with Crippen LogP contribution >= 0.6 is 11.3 Å². The van der Waals surface area contributed by atoms with E-state index in [2.05, 4.69) is 4.90 Å². The van der Waals surface area contributed by atoms with Crippen molar-refractivity contribution in [1.29, 1.82) is 0 Å². The van der Waals surface area contributed by atoms with Gasteiger partial charge in [0.2, 0.25) is 10.0 Å². The maximum Gasteiger partial charge on any atom is 0.349 e. The van der Waals surface area contributed by atoms with E-state index in [4.69, 9.17) is 4.74 Å². The smallest absolute Gasteiger partial charge is 0.349 e. The highest BCUT2D eigenvalue weighted by atomic mass is 32.2. The molecule has 1 saturated heterocycles. The third kappa shape index (κ3) is 2.98. The van der Waals surface area contributed by atoms with E-state index < -0.39 is 16.0 Å². The van der Waals surface area contributed by atoms with E-state index in [9.17, 15) is 13.2 Å². The second-order valence-electron chi connectivity index (χ2n) is 5.30. The van der Waals surface area contributed by atoms with E-state index in [0.717, 1.165) is 11.3 Å². The fraction of sp³-hybridized carbons (Fsp3) is 0.615. The van der Waals surface area contributed by atoms with Gasteiger partial charge in [-0.05, 0) is 31.8 Å². The maximum atomic E-state index is 12.9. The Balaban J connectivity index is 2.45. The molecule has 0 aliphatic carbocycles. The van der Waals surface area contributed by atoms with Gasteiger partial charge in [-0.3, -0.25) is 0 Å². The summed E-state index contributed by atoms with van der Waals surface area (Å²) >= 11 is 1.11. The molecule has 0 radical (unpaired) electrons. The molecule has 21 heavy (non-hydrogen) atoms. The monoisotopic (exact) mass is 332 g/mol. The number of methoxy groups -OCH3 is 1. The lowest BCUT2D eigenvalue weighted by molar-refractivity contribution is 0.0601. The predicted molar refractivity (Wildman–Crippen MR) is 81.2 cm³/mol. The van der Waals surface area contributed by atoms with E-state index in [-0.39, 0.29) is 15.8 Å². The summed E-state index contributed by atoms with van der Waals surface area (Å²) < 4.78 is 32.0. The number of aryl methyl sites for hydroxylation is 1. The molecule has 1 atom stereocenters. The molecule has 2 heterocycles. The molecule has 8 heteroatoms. The lowest BCUT2D eigenvalue weighted by Crippen LogP contribution is -2.52. The molecule has 0 spiro atoms. The number of rotatable bonds is 3. The molecular weight excluding hydrogens is 312 g/mol. The van der Waals surface area contributed by atoms with Gasteiger partial charge in [-0.2, -0.15) is 4.31 Å². The van der Waals surface area contributed by atoms with Crippen molar-refractivity contribution in [3.8, 4) is 0 Å². The van der Waals surface area contributed by atoms with Crippen LogP contribution in [0.2, 0.25) is 0 Å².